The van der Waals surface area contributed by atoms with Crippen LogP contribution < -0.4 is 18.9 Å². The second-order valence-corrected chi connectivity index (χ2v) is 12.0. The molecule has 41 heavy (non-hydrogen) atoms. The first-order valence-electron chi connectivity index (χ1n) is 14.6. The van der Waals surface area contributed by atoms with E-state index in [4.69, 9.17) is 28.7 Å². The number of aliphatic imine (C=N–C) groups is 1. The molecule has 0 N–H and O–H groups in total. The van der Waals surface area contributed by atoms with Crippen molar-refractivity contribution in [3.63, 3.8) is 0 Å². The van der Waals surface area contributed by atoms with Gasteiger partial charge in [-0.2, -0.15) is 0 Å². The van der Waals surface area contributed by atoms with E-state index in [1.54, 1.807) is 7.11 Å². The quantitative estimate of drug-likeness (QED) is 0.183. The number of para-hydroxylation sites is 1. The molecule has 0 atom stereocenters. The normalized spacial score (nSPS) is 17.3. The number of carbonyl (C=O) groups excluding carboxylic acids is 1. The highest BCUT2D eigenvalue weighted by molar-refractivity contribution is 6.94. The van der Waals surface area contributed by atoms with Crippen molar-refractivity contribution in [2.75, 3.05) is 33.5 Å². The third kappa shape index (κ3) is 7.15. The molecule has 0 unspecified atom stereocenters. The summed E-state index contributed by atoms with van der Waals surface area (Å²) in [5, 5.41) is -0.274. The highest BCUT2D eigenvalue weighted by atomic mass is 16.6. The molecule has 0 amide bonds. The number of carbonyl (C=O) groups is 1. The highest BCUT2D eigenvalue weighted by Gasteiger charge is 2.43. The van der Waals surface area contributed by atoms with Crippen LogP contribution in [0.15, 0.2) is 46.6 Å². The first kappa shape index (κ1) is 30.7. The number of aryl methyl sites for hydroxylation is 2. The first-order chi connectivity index (χ1) is 19.5. The van der Waals surface area contributed by atoms with E-state index in [1.165, 1.54) is 0 Å². The van der Waals surface area contributed by atoms with Gasteiger partial charge in [0, 0.05) is 24.5 Å². The largest absolute Gasteiger partial charge is 0.493 e. The Bertz CT molecular complexity index is 1330. The molecule has 2 aliphatic heterocycles. The molecule has 0 aliphatic carbocycles. The number of fused-ring (bicyclic) bond motifs is 1. The Kier molecular flexibility index (Phi) is 9.85. The molecule has 0 bridgehead atoms. The first-order valence-corrected chi connectivity index (χ1v) is 14.6. The van der Waals surface area contributed by atoms with E-state index < -0.39 is 0 Å². The summed E-state index contributed by atoms with van der Waals surface area (Å²) in [5.41, 5.74) is 5.41. The van der Waals surface area contributed by atoms with Crippen molar-refractivity contribution in [2.24, 2.45) is 4.99 Å². The second-order valence-electron chi connectivity index (χ2n) is 12.0. The number of hydrogen-bond acceptors (Lipinski definition) is 7. The summed E-state index contributed by atoms with van der Waals surface area (Å²) in [6.07, 6.45) is 2.16. The zero-order valence-corrected chi connectivity index (χ0v) is 25.9. The Morgan fingerprint density at radius 1 is 1.10 bits per heavy atom. The summed E-state index contributed by atoms with van der Waals surface area (Å²) in [7, 11) is 1.66. The van der Waals surface area contributed by atoms with E-state index in [-0.39, 0.29) is 23.8 Å². The van der Waals surface area contributed by atoms with Crippen LogP contribution in [0.25, 0.3) is 0 Å². The maximum Gasteiger partial charge on any atom is 0.242 e. The highest BCUT2D eigenvalue weighted by Crippen LogP contribution is 2.38. The van der Waals surface area contributed by atoms with Gasteiger partial charge in [-0.05, 0) is 100 Å². The van der Waals surface area contributed by atoms with E-state index in [1.807, 2.05) is 58.0 Å². The fourth-order valence-electron chi connectivity index (χ4n) is 5.55. The molecule has 0 saturated carbocycles. The summed E-state index contributed by atoms with van der Waals surface area (Å²) in [6, 6.07) is 9.89. The fraction of sp³-hybridized carbons (Fsp3) is 0.515. The maximum atomic E-state index is 14.2. The lowest BCUT2D eigenvalue weighted by Crippen LogP contribution is -2.44. The Balaban J connectivity index is 1.70. The Morgan fingerprint density at radius 3 is 2.56 bits per heavy atom. The molecule has 0 aromatic heterocycles. The van der Waals surface area contributed by atoms with Gasteiger partial charge in [0.15, 0.2) is 23.0 Å². The van der Waals surface area contributed by atoms with Crippen LogP contribution in [0, 0.1) is 6.92 Å². The standard InChI is InChI=1S/C33H44BNO6/c1-21(2)41-29-18-23(4)25(19-28(29)37-8)13-12-22(3)30(32(36)34-14-15-38-20-33(34,6)7)35-24(5)26-10-9-11-27-31(26)40-17-16-39-27/h9-11,18-19,21H,12-17,20H2,1-8H3/b30-22+,35-24?. The number of hydrogen-bond donors (Lipinski definition) is 0. The third-order valence-electron chi connectivity index (χ3n) is 7.91. The molecule has 220 valence electrons. The minimum Gasteiger partial charge on any atom is -0.493 e. The van der Waals surface area contributed by atoms with Crippen LogP contribution in [0.3, 0.4) is 0 Å². The van der Waals surface area contributed by atoms with Crippen LogP contribution in [0.2, 0.25) is 11.6 Å². The van der Waals surface area contributed by atoms with Gasteiger partial charge in [-0.15, -0.1) is 0 Å². The molecule has 2 aromatic carbocycles. The molecular weight excluding hydrogens is 517 g/mol. The van der Waals surface area contributed by atoms with Gasteiger partial charge in [0.1, 0.15) is 18.9 Å². The molecule has 0 spiro atoms. The summed E-state index contributed by atoms with van der Waals surface area (Å²) in [6.45, 7) is 16.2. The van der Waals surface area contributed by atoms with E-state index in [0.717, 1.165) is 40.1 Å². The molecule has 7 nitrogen and oxygen atoms in total. The van der Waals surface area contributed by atoms with Crippen LogP contribution in [0.1, 0.15) is 64.7 Å². The molecule has 0 radical (unpaired) electrons. The van der Waals surface area contributed by atoms with Crippen molar-refractivity contribution in [1.29, 1.82) is 0 Å². The lowest BCUT2D eigenvalue weighted by Gasteiger charge is -2.35. The number of benzene rings is 2. The number of allylic oxidation sites excluding steroid dienone is 2. The van der Waals surface area contributed by atoms with Crippen LogP contribution in [-0.2, 0) is 16.0 Å². The SMILES string of the molecule is COc1cc(CC/C(C)=C(/N=C(C)c2cccc3c2OCCO3)C(=O)B2CCOCC2(C)C)c(C)cc1OC(C)C. The molecular formula is C33H44BNO6. The molecule has 2 aliphatic rings. The van der Waals surface area contributed by atoms with Gasteiger partial charge in [-0.25, -0.2) is 0 Å². The lowest BCUT2D eigenvalue weighted by atomic mass is 9.29. The summed E-state index contributed by atoms with van der Waals surface area (Å²) in [4.78, 5) is 19.3. The Morgan fingerprint density at radius 2 is 1.85 bits per heavy atom. The van der Waals surface area contributed by atoms with Gasteiger partial charge < -0.3 is 28.5 Å². The van der Waals surface area contributed by atoms with E-state index in [2.05, 4.69) is 20.8 Å². The fourth-order valence-corrected chi connectivity index (χ4v) is 5.55. The van der Waals surface area contributed by atoms with E-state index >= 15 is 0 Å². The molecule has 4 rings (SSSR count). The number of nitrogens with zero attached hydrogens (tertiary/aromatic N) is 1. The van der Waals surface area contributed by atoms with Gasteiger partial charge in [-0.3, -0.25) is 4.99 Å². The van der Waals surface area contributed by atoms with Gasteiger partial charge >= 0.3 is 0 Å². The molecule has 1 saturated heterocycles. The van der Waals surface area contributed by atoms with E-state index in [0.29, 0.717) is 62.1 Å². The van der Waals surface area contributed by atoms with Crippen molar-refractivity contribution in [3.8, 4) is 23.0 Å². The minimum atomic E-state index is -0.274. The molecule has 2 aromatic rings. The second kappa shape index (κ2) is 13.2. The predicted octanol–water partition coefficient (Wildman–Crippen LogP) is 6.69. The van der Waals surface area contributed by atoms with Crippen LogP contribution in [0.5, 0.6) is 23.0 Å². The summed E-state index contributed by atoms with van der Waals surface area (Å²) >= 11 is 0. The van der Waals surface area contributed by atoms with E-state index in [9.17, 15) is 4.79 Å². The number of methoxy groups -OCH3 is 1. The van der Waals surface area contributed by atoms with Crippen LogP contribution >= 0.6 is 0 Å². The van der Waals surface area contributed by atoms with Crippen molar-refractivity contribution >= 4 is 18.1 Å². The van der Waals surface area contributed by atoms with Gasteiger partial charge in [-0.1, -0.05) is 19.9 Å². The zero-order chi connectivity index (χ0) is 29.7. The number of rotatable bonds is 10. The van der Waals surface area contributed by atoms with Gasteiger partial charge in [0.25, 0.3) is 0 Å². The van der Waals surface area contributed by atoms with Crippen molar-refractivity contribution in [1.82, 2.24) is 0 Å². The molecule has 1 fully saturated rings. The van der Waals surface area contributed by atoms with Gasteiger partial charge in [0.2, 0.25) is 6.71 Å². The third-order valence-corrected chi connectivity index (χ3v) is 7.91. The number of ether oxygens (including phenoxy) is 5. The Hall–Kier alpha value is -3.26. The predicted molar refractivity (Wildman–Crippen MR) is 165 cm³/mol. The van der Waals surface area contributed by atoms with Crippen LogP contribution in [-0.4, -0.2) is 57.7 Å². The van der Waals surface area contributed by atoms with Crippen molar-refractivity contribution in [2.45, 2.75) is 79.0 Å². The van der Waals surface area contributed by atoms with Crippen molar-refractivity contribution < 1.29 is 28.5 Å². The molecule has 8 heteroatoms. The van der Waals surface area contributed by atoms with Crippen LogP contribution in [0.4, 0.5) is 0 Å². The minimum absolute atomic E-state index is 0.0515. The monoisotopic (exact) mass is 561 g/mol. The smallest absolute Gasteiger partial charge is 0.242 e. The maximum absolute atomic E-state index is 14.2. The average Bonchev–Trinajstić information content (AvgIpc) is 2.94. The zero-order valence-electron chi connectivity index (χ0n) is 25.9. The summed E-state index contributed by atoms with van der Waals surface area (Å²) < 4.78 is 29.1. The molecule has 2 heterocycles. The van der Waals surface area contributed by atoms with Crippen molar-refractivity contribution in [3.05, 3.63) is 58.3 Å². The summed E-state index contributed by atoms with van der Waals surface area (Å²) in [5.74, 6) is 2.84. The topological polar surface area (TPSA) is 75.6 Å². The van der Waals surface area contributed by atoms with Gasteiger partial charge in [0.05, 0.1) is 18.9 Å². The lowest BCUT2D eigenvalue weighted by molar-refractivity contribution is -0.109. The average molecular weight is 562 g/mol. The Labute approximate surface area is 245 Å².